The van der Waals surface area contributed by atoms with Crippen LogP contribution in [0, 0.1) is 0 Å². The van der Waals surface area contributed by atoms with Crippen LogP contribution in [0.25, 0.3) is 0 Å². The van der Waals surface area contributed by atoms with Crippen LogP contribution in [0.15, 0.2) is 0 Å². The van der Waals surface area contributed by atoms with Gasteiger partial charge in [-0.2, -0.15) is 0 Å². The van der Waals surface area contributed by atoms with Crippen molar-refractivity contribution in [2.24, 2.45) is 0 Å². The number of sulfone groups is 1. The Bertz CT molecular complexity index is 322. The van der Waals surface area contributed by atoms with Crippen LogP contribution in [-0.4, -0.2) is 56.5 Å². The standard InChI is InChI=1S/C13H28N2O2S/c1-4-8-15(13-6-5-7-14-11-13)9-10-18(16,17)12(2)3/h12-14H,4-11H2,1-3H3. The Morgan fingerprint density at radius 1 is 1.33 bits per heavy atom. The van der Waals surface area contributed by atoms with Gasteiger partial charge in [0.1, 0.15) is 0 Å². The first-order valence-electron chi connectivity index (χ1n) is 7.13. The Labute approximate surface area is 112 Å². The lowest BCUT2D eigenvalue weighted by molar-refractivity contribution is 0.175. The van der Waals surface area contributed by atoms with Gasteiger partial charge in [-0.1, -0.05) is 6.92 Å². The van der Waals surface area contributed by atoms with Crippen molar-refractivity contribution < 1.29 is 8.42 Å². The Hall–Kier alpha value is -0.130. The molecule has 1 heterocycles. The van der Waals surface area contributed by atoms with Gasteiger partial charge in [0.05, 0.1) is 11.0 Å². The van der Waals surface area contributed by atoms with Crippen molar-refractivity contribution in [3.63, 3.8) is 0 Å². The number of nitrogens with one attached hydrogen (secondary N) is 1. The van der Waals surface area contributed by atoms with Crippen LogP contribution in [0.1, 0.15) is 40.0 Å². The van der Waals surface area contributed by atoms with Crippen molar-refractivity contribution in [1.29, 1.82) is 0 Å². The molecule has 0 aliphatic carbocycles. The van der Waals surface area contributed by atoms with Gasteiger partial charge in [0.25, 0.3) is 0 Å². The summed E-state index contributed by atoms with van der Waals surface area (Å²) >= 11 is 0. The van der Waals surface area contributed by atoms with E-state index in [9.17, 15) is 8.42 Å². The summed E-state index contributed by atoms with van der Waals surface area (Å²) in [6.07, 6.45) is 3.47. The van der Waals surface area contributed by atoms with Crippen molar-refractivity contribution >= 4 is 9.84 Å². The number of hydrogen-bond acceptors (Lipinski definition) is 4. The topological polar surface area (TPSA) is 49.4 Å². The smallest absolute Gasteiger partial charge is 0.153 e. The molecule has 0 spiro atoms. The van der Waals surface area contributed by atoms with Gasteiger partial charge in [0.2, 0.25) is 0 Å². The quantitative estimate of drug-likeness (QED) is 0.761. The maximum Gasteiger partial charge on any atom is 0.153 e. The minimum atomic E-state index is -2.91. The molecule has 1 aliphatic heterocycles. The molecular formula is C13H28N2O2S. The van der Waals surface area contributed by atoms with E-state index in [1.807, 2.05) is 0 Å². The third-order valence-electron chi connectivity index (χ3n) is 3.68. The zero-order chi connectivity index (χ0) is 13.6. The fourth-order valence-electron chi connectivity index (χ4n) is 2.39. The van der Waals surface area contributed by atoms with E-state index >= 15 is 0 Å². The van der Waals surface area contributed by atoms with E-state index in [1.165, 1.54) is 12.8 Å². The van der Waals surface area contributed by atoms with Crippen LogP contribution >= 0.6 is 0 Å². The molecule has 1 unspecified atom stereocenters. The van der Waals surface area contributed by atoms with E-state index in [2.05, 4.69) is 17.1 Å². The molecule has 1 fully saturated rings. The highest BCUT2D eigenvalue weighted by Gasteiger charge is 2.23. The van der Waals surface area contributed by atoms with Crippen molar-refractivity contribution in [1.82, 2.24) is 10.2 Å². The predicted octanol–water partition coefficient (Wildman–Crippen LogP) is 1.27. The largest absolute Gasteiger partial charge is 0.315 e. The summed E-state index contributed by atoms with van der Waals surface area (Å²) in [4.78, 5) is 2.35. The van der Waals surface area contributed by atoms with Crippen LogP contribution in [0.5, 0.6) is 0 Å². The lowest BCUT2D eigenvalue weighted by atomic mass is 10.1. The van der Waals surface area contributed by atoms with E-state index in [-0.39, 0.29) is 5.25 Å². The molecule has 0 aromatic rings. The number of hydrogen-bond donors (Lipinski definition) is 1. The first-order valence-corrected chi connectivity index (χ1v) is 8.85. The van der Waals surface area contributed by atoms with Gasteiger partial charge in [-0.05, 0) is 46.2 Å². The molecule has 1 N–H and O–H groups in total. The highest BCUT2D eigenvalue weighted by molar-refractivity contribution is 7.92. The second-order valence-corrected chi connectivity index (χ2v) is 8.13. The fraction of sp³-hybridized carbons (Fsp3) is 1.00. The number of rotatable bonds is 7. The van der Waals surface area contributed by atoms with E-state index in [4.69, 9.17) is 0 Å². The SMILES string of the molecule is CCCN(CCS(=O)(=O)C(C)C)C1CCCNC1. The van der Waals surface area contributed by atoms with Gasteiger partial charge in [0.15, 0.2) is 9.84 Å². The Balaban J connectivity index is 2.52. The van der Waals surface area contributed by atoms with Crippen LogP contribution in [0.3, 0.4) is 0 Å². The summed E-state index contributed by atoms with van der Waals surface area (Å²) in [6, 6.07) is 0.515. The third kappa shape index (κ3) is 4.86. The number of piperidine rings is 1. The molecule has 0 bridgehead atoms. The lowest BCUT2D eigenvalue weighted by Gasteiger charge is -2.34. The Kier molecular flexibility index (Phi) is 6.60. The average molecular weight is 276 g/mol. The fourth-order valence-corrected chi connectivity index (χ4v) is 3.35. The normalized spacial score (nSPS) is 21.7. The van der Waals surface area contributed by atoms with Crippen molar-refractivity contribution in [2.45, 2.75) is 51.3 Å². The minimum absolute atomic E-state index is 0.259. The Morgan fingerprint density at radius 3 is 2.56 bits per heavy atom. The highest BCUT2D eigenvalue weighted by Crippen LogP contribution is 2.12. The van der Waals surface area contributed by atoms with Crippen molar-refractivity contribution in [3.05, 3.63) is 0 Å². The second kappa shape index (κ2) is 7.46. The van der Waals surface area contributed by atoms with Crippen molar-refractivity contribution in [2.75, 3.05) is 31.9 Å². The second-order valence-electron chi connectivity index (χ2n) is 5.45. The van der Waals surface area contributed by atoms with E-state index in [0.29, 0.717) is 18.3 Å². The molecule has 0 radical (unpaired) electrons. The zero-order valence-corrected chi connectivity index (χ0v) is 12.8. The summed E-state index contributed by atoms with van der Waals surface area (Å²) in [7, 11) is -2.91. The summed E-state index contributed by atoms with van der Waals surface area (Å²) in [6.45, 7) is 9.46. The summed E-state index contributed by atoms with van der Waals surface area (Å²) in [5.41, 5.74) is 0. The van der Waals surface area contributed by atoms with Gasteiger partial charge in [-0.15, -0.1) is 0 Å². The molecule has 1 rings (SSSR count). The van der Waals surface area contributed by atoms with Crippen LogP contribution in [-0.2, 0) is 9.84 Å². The molecule has 0 aromatic carbocycles. The van der Waals surface area contributed by atoms with Gasteiger partial charge in [0, 0.05) is 19.1 Å². The number of nitrogens with zero attached hydrogens (tertiary/aromatic N) is 1. The van der Waals surface area contributed by atoms with E-state index < -0.39 is 9.84 Å². The summed E-state index contributed by atoms with van der Waals surface area (Å²) in [5.74, 6) is 0.293. The Morgan fingerprint density at radius 2 is 2.06 bits per heavy atom. The monoisotopic (exact) mass is 276 g/mol. The van der Waals surface area contributed by atoms with Crippen molar-refractivity contribution in [3.8, 4) is 0 Å². The highest BCUT2D eigenvalue weighted by atomic mass is 32.2. The summed E-state index contributed by atoms with van der Waals surface area (Å²) < 4.78 is 23.8. The molecule has 1 aliphatic rings. The molecule has 1 atom stereocenters. The molecule has 4 nitrogen and oxygen atoms in total. The van der Waals surface area contributed by atoms with Crippen LogP contribution in [0.2, 0.25) is 0 Å². The van der Waals surface area contributed by atoms with Gasteiger partial charge in [-0.25, -0.2) is 8.42 Å². The first-order chi connectivity index (χ1) is 8.47. The van der Waals surface area contributed by atoms with Gasteiger partial charge >= 0.3 is 0 Å². The first kappa shape index (κ1) is 15.9. The molecule has 5 heteroatoms. The maximum atomic E-state index is 11.9. The average Bonchev–Trinajstić information content (AvgIpc) is 2.35. The zero-order valence-electron chi connectivity index (χ0n) is 12.0. The molecule has 0 amide bonds. The maximum absolute atomic E-state index is 11.9. The molecule has 0 saturated carbocycles. The third-order valence-corrected chi connectivity index (χ3v) is 5.87. The van der Waals surface area contributed by atoms with Gasteiger partial charge in [-0.3, -0.25) is 4.90 Å². The molecular weight excluding hydrogens is 248 g/mol. The molecule has 18 heavy (non-hydrogen) atoms. The van der Waals surface area contributed by atoms with Crippen LogP contribution < -0.4 is 5.32 Å². The lowest BCUT2D eigenvalue weighted by Crippen LogP contribution is -2.48. The minimum Gasteiger partial charge on any atom is -0.315 e. The molecule has 0 aromatic heterocycles. The van der Waals surface area contributed by atoms with Gasteiger partial charge < -0.3 is 5.32 Å². The van der Waals surface area contributed by atoms with E-state index in [0.717, 1.165) is 26.1 Å². The molecule has 1 saturated heterocycles. The summed E-state index contributed by atoms with van der Waals surface area (Å²) in [5, 5.41) is 3.14. The molecule has 108 valence electrons. The predicted molar refractivity (Wildman–Crippen MR) is 76.7 cm³/mol. The van der Waals surface area contributed by atoms with E-state index in [1.54, 1.807) is 13.8 Å². The van der Waals surface area contributed by atoms with Crippen LogP contribution in [0.4, 0.5) is 0 Å².